The van der Waals surface area contributed by atoms with Crippen molar-refractivity contribution in [3.05, 3.63) is 47.3 Å². The molecule has 3 rings (SSSR count). The zero-order valence-electron chi connectivity index (χ0n) is 13.1. The fourth-order valence-corrected chi connectivity index (χ4v) is 3.07. The summed E-state index contributed by atoms with van der Waals surface area (Å²) in [4.78, 5) is 0. The van der Waals surface area contributed by atoms with E-state index in [0.717, 1.165) is 37.4 Å². The molecular weight excluding hydrogens is 278 g/mol. The highest BCUT2D eigenvalue weighted by Gasteiger charge is 2.29. The number of aromatic nitrogens is 2. The van der Waals surface area contributed by atoms with Gasteiger partial charge < -0.3 is 14.8 Å². The molecule has 5 heteroatoms. The average molecular weight is 301 g/mol. The summed E-state index contributed by atoms with van der Waals surface area (Å²) in [6.45, 7) is 4.64. The largest absolute Gasteiger partial charge is 0.496 e. The van der Waals surface area contributed by atoms with Gasteiger partial charge in [-0.15, -0.1) is 0 Å². The first-order valence-corrected chi connectivity index (χ1v) is 7.72. The van der Waals surface area contributed by atoms with Crippen LogP contribution in [0, 0.1) is 12.8 Å². The number of nitrogens with one attached hydrogen (secondary N) is 2. The molecule has 0 spiro atoms. The molecule has 0 amide bonds. The lowest BCUT2D eigenvalue weighted by atomic mass is 9.97. The quantitative estimate of drug-likeness (QED) is 0.861. The Morgan fingerprint density at radius 2 is 2.36 bits per heavy atom. The molecule has 2 aromatic rings. The van der Waals surface area contributed by atoms with E-state index in [2.05, 4.69) is 34.6 Å². The van der Waals surface area contributed by atoms with Gasteiger partial charge in [-0.3, -0.25) is 5.10 Å². The fraction of sp³-hybridized carbons (Fsp3) is 0.471. The first kappa shape index (κ1) is 15.1. The minimum absolute atomic E-state index is 0.144. The number of methoxy groups -OCH3 is 1. The average Bonchev–Trinajstić information content (AvgIpc) is 3.18. The molecule has 1 aromatic carbocycles. The Morgan fingerprint density at radius 3 is 3.14 bits per heavy atom. The maximum Gasteiger partial charge on any atom is 0.123 e. The molecule has 0 bridgehead atoms. The van der Waals surface area contributed by atoms with Crippen molar-refractivity contribution in [1.82, 2.24) is 15.5 Å². The molecule has 0 saturated carbocycles. The van der Waals surface area contributed by atoms with Gasteiger partial charge in [0, 0.05) is 42.9 Å². The predicted octanol–water partition coefficient (Wildman–Crippen LogP) is 2.59. The number of benzene rings is 1. The van der Waals surface area contributed by atoms with E-state index < -0.39 is 0 Å². The first-order valence-electron chi connectivity index (χ1n) is 7.72. The third-order valence-electron chi connectivity index (χ3n) is 4.22. The first-order chi connectivity index (χ1) is 10.8. The maximum atomic E-state index is 5.85. The predicted molar refractivity (Wildman–Crippen MR) is 84.8 cm³/mol. The van der Waals surface area contributed by atoms with Crippen LogP contribution in [0.25, 0.3) is 0 Å². The summed E-state index contributed by atoms with van der Waals surface area (Å²) in [6, 6.07) is 6.27. The van der Waals surface area contributed by atoms with Crippen LogP contribution in [-0.4, -0.2) is 30.5 Å². The van der Waals surface area contributed by atoms with Crippen molar-refractivity contribution in [3.8, 4) is 5.75 Å². The molecule has 22 heavy (non-hydrogen) atoms. The summed E-state index contributed by atoms with van der Waals surface area (Å²) in [5, 5.41) is 10.4. The van der Waals surface area contributed by atoms with Crippen LogP contribution in [0.5, 0.6) is 5.75 Å². The molecule has 118 valence electrons. The number of ether oxygens (including phenoxy) is 2. The summed E-state index contributed by atoms with van der Waals surface area (Å²) >= 11 is 0. The van der Waals surface area contributed by atoms with E-state index in [1.165, 1.54) is 11.1 Å². The minimum atomic E-state index is 0.144. The second-order valence-corrected chi connectivity index (χ2v) is 5.82. The topological polar surface area (TPSA) is 59.2 Å². The molecule has 1 aliphatic heterocycles. The minimum Gasteiger partial charge on any atom is -0.496 e. The van der Waals surface area contributed by atoms with Gasteiger partial charge in [-0.1, -0.05) is 17.7 Å². The fourth-order valence-electron chi connectivity index (χ4n) is 3.07. The van der Waals surface area contributed by atoms with Gasteiger partial charge in [0.25, 0.3) is 0 Å². The molecule has 2 heterocycles. The molecule has 1 saturated heterocycles. The van der Waals surface area contributed by atoms with E-state index in [1.54, 1.807) is 7.11 Å². The highest BCUT2D eigenvalue weighted by Crippen LogP contribution is 2.33. The number of rotatable bonds is 6. The van der Waals surface area contributed by atoms with Crippen molar-refractivity contribution in [2.45, 2.75) is 26.0 Å². The third kappa shape index (κ3) is 3.31. The van der Waals surface area contributed by atoms with Gasteiger partial charge in [-0.2, -0.15) is 5.10 Å². The summed E-state index contributed by atoms with van der Waals surface area (Å²) in [7, 11) is 1.72. The normalized spacial score (nSPS) is 21.2. The second-order valence-electron chi connectivity index (χ2n) is 5.82. The summed E-state index contributed by atoms with van der Waals surface area (Å²) in [6.07, 6.45) is 5.00. The van der Waals surface area contributed by atoms with Crippen LogP contribution in [0.3, 0.4) is 0 Å². The molecule has 1 aliphatic rings. The van der Waals surface area contributed by atoms with Gasteiger partial charge in [0.15, 0.2) is 0 Å². The van der Waals surface area contributed by atoms with Gasteiger partial charge in [0.1, 0.15) is 5.75 Å². The molecule has 1 fully saturated rings. The van der Waals surface area contributed by atoms with Gasteiger partial charge in [-0.25, -0.2) is 0 Å². The Balaban J connectivity index is 1.58. The highest BCUT2D eigenvalue weighted by atomic mass is 16.5. The van der Waals surface area contributed by atoms with Crippen LogP contribution >= 0.6 is 0 Å². The van der Waals surface area contributed by atoms with Gasteiger partial charge in [0.2, 0.25) is 0 Å². The summed E-state index contributed by atoms with van der Waals surface area (Å²) < 4.78 is 11.3. The van der Waals surface area contributed by atoms with Crippen LogP contribution < -0.4 is 10.1 Å². The number of aryl methyl sites for hydroxylation is 1. The highest BCUT2D eigenvalue weighted by molar-refractivity contribution is 5.36. The molecule has 0 radical (unpaired) electrons. The van der Waals surface area contributed by atoms with Gasteiger partial charge in [0.05, 0.1) is 19.4 Å². The van der Waals surface area contributed by atoms with Crippen molar-refractivity contribution < 1.29 is 9.47 Å². The zero-order valence-corrected chi connectivity index (χ0v) is 13.1. The number of nitrogens with zero attached hydrogens (tertiary/aromatic N) is 1. The van der Waals surface area contributed by atoms with Crippen LogP contribution in [-0.2, 0) is 11.3 Å². The van der Waals surface area contributed by atoms with E-state index in [0.29, 0.717) is 5.92 Å². The zero-order chi connectivity index (χ0) is 15.4. The lowest BCUT2D eigenvalue weighted by Gasteiger charge is -2.18. The number of hydrogen-bond donors (Lipinski definition) is 2. The molecule has 0 aliphatic carbocycles. The van der Waals surface area contributed by atoms with Crippen LogP contribution in [0.15, 0.2) is 30.6 Å². The number of H-pyrrole nitrogens is 1. The number of aromatic amines is 1. The molecule has 2 atom stereocenters. The molecule has 2 N–H and O–H groups in total. The van der Waals surface area contributed by atoms with Crippen molar-refractivity contribution >= 4 is 0 Å². The van der Waals surface area contributed by atoms with Crippen LogP contribution in [0.1, 0.15) is 29.2 Å². The monoisotopic (exact) mass is 301 g/mol. The van der Waals surface area contributed by atoms with E-state index >= 15 is 0 Å². The van der Waals surface area contributed by atoms with Crippen molar-refractivity contribution in [3.63, 3.8) is 0 Å². The van der Waals surface area contributed by atoms with Crippen LogP contribution in [0.4, 0.5) is 0 Å². The Hall–Kier alpha value is -1.85. The smallest absolute Gasteiger partial charge is 0.123 e. The number of hydrogen-bond acceptors (Lipinski definition) is 4. The van der Waals surface area contributed by atoms with Crippen LogP contribution in [0.2, 0.25) is 0 Å². The SMILES string of the molecule is COc1ccc(C)cc1CNC[C@H]1CCO[C@@H]1c1cn[nH]c1. The molecule has 0 unspecified atom stereocenters. The van der Waals surface area contributed by atoms with E-state index in [-0.39, 0.29) is 6.10 Å². The standard InChI is InChI=1S/C17H23N3O2/c1-12-3-4-16(21-2)14(7-12)9-18-8-13-5-6-22-17(13)15-10-19-20-11-15/h3-4,7,10-11,13,17-18H,5-6,8-9H2,1-2H3,(H,19,20)/t13-,17+/m1/s1. The van der Waals surface area contributed by atoms with E-state index in [9.17, 15) is 0 Å². The lowest BCUT2D eigenvalue weighted by Crippen LogP contribution is -2.24. The molecule has 1 aromatic heterocycles. The Kier molecular flexibility index (Phi) is 4.75. The van der Waals surface area contributed by atoms with E-state index in [1.807, 2.05) is 18.5 Å². The summed E-state index contributed by atoms with van der Waals surface area (Å²) in [5.74, 6) is 1.42. The third-order valence-corrected chi connectivity index (χ3v) is 4.22. The lowest BCUT2D eigenvalue weighted by molar-refractivity contribution is 0.0904. The summed E-state index contributed by atoms with van der Waals surface area (Å²) in [5.41, 5.74) is 3.58. The van der Waals surface area contributed by atoms with Crippen molar-refractivity contribution in [1.29, 1.82) is 0 Å². The maximum absolute atomic E-state index is 5.85. The second kappa shape index (κ2) is 6.94. The van der Waals surface area contributed by atoms with Crippen molar-refractivity contribution in [2.24, 2.45) is 5.92 Å². The molecule has 5 nitrogen and oxygen atoms in total. The Bertz CT molecular complexity index is 598. The Morgan fingerprint density at radius 1 is 1.45 bits per heavy atom. The van der Waals surface area contributed by atoms with E-state index in [4.69, 9.17) is 9.47 Å². The Labute approximate surface area is 131 Å². The van der Waals surface area contributed by atoms with Gasteiger partial charge >= 0.3 is 0 Å². The molecular formula is C17H23N3O2. The van der Waals surface area contributed by atoms with Gasteiger partial charge in [-0.05, 0) is 19.4 Å². The van der Waals surface area contributed by atoms with Crippen molar-refractivity contribution in [2.75, 3.05) is 20.3 Å².